The zero-order chi connectivity index (χ0) is 15.0. The van der Waals surface area contributed by atoms with Crippen LogP contribution in [0.5, 0.6) is 0 Å². The highest BCUT2D eigenvalue weighted by atomic mass is 35.5. The molecule has 2 aromatic carbocycles. The number of amides is 3. The number of carbonyl (C=O) groups excluding carboxylic acids is 2. The number of carbonyl (C=O) groups is 2. The molecule has 3 rings (SSSR count). The summed E-state index contributed by atoms with van der Waals surface area (Å²) in [5, 5.41) is 3.23. The van der Waals surface area contributed by atoms with Gasteiger partial charge in [-0.2, -0.15) is 0 Å². The van der Waals surface area contributed by atoms with E-state index in [2.05, 4.69) is 5.32 Å². The zero-order valence-corrected chi connectivity index (χ0v) is 12.1. The van der Waals surface area contributed by atoms with Gasteiger partial charge < -0.3 is 5.32 Å². The van der Waals surface area contributed by atoms with Gasteiger partial charge in [0.1, 0.15) is 5.54 Å². The molecule has 0 saturated carbocycles. The number of imide groups is 1. The van der Waals surface area contributed by atoms with E-state index in [0.29, 0.717) is 10.7 Å². The van der Waals surface area contributed by atoms with Crippen molar-refractivity contribution < 1.29 is 9.59 Å². The number of hydrogen-bond donors (Lipinski definition) is 1. The third-order valence-corrected chi connectivity index (χ3v) is 3.84. The molecular formula is C16H13ClN2O2. The lowest BCUT2D eigenvalue weighted by Crippen LogP contribution is -2.40. The highest BCUT2D eigenvalue weighted by molar-refractivity contribution is 6.31. The summed E-state index contributed by atoms with van der Waals surface area (Å²) in [6, 6.07) is 15.4. The quantitative estimate of drug-likeness (QED) is 0.865. The second-order valence-electron chi connectivity index (χ2n) is 5.04. The van der Waals surface area contributed by atoms with E-state index in [1.54, 1.807) is 31.2 Å². The lowest BCUT2D eigenvalue weighted by Gasteiger charge is -2.22. The Kier molecular flexibility index (Phi) is 3.18. The third-order valence-electron chi connectivity index (χ3n) is 3.61. The second kappa shape index (κ2) is 4.90. The third kappa shape index (κ3) is 2.17. The molecule has 0 spiro atoms. The van der Waals surface area contributed by atoms with Crippen LogP contribution in [0.1, 0.15) is 12.5 Å². The van der Waals surface area contributed by atoms with Gasteiger partial charge in [-0.1, -0.05) is 48.0 Å². The fourth-order valence-corrected chi connectivity index (χ4v) is 2.64. The predicted octanol–water partition coefficient (Wildman–Crippen LogP) is 3.31. The van der Waals surface area contributed by atoms with Crippen molar-refractivity contribution in [2.24, 2.45) is 0 Å². The molecule has 0 radical (unpaired) electrons. The van der Waals surface area contributed by atoms with Crippen LogP contribution in [0, 0.1) is 0 Å². The predicted molar refractivity (Wildman–Crippen MR) is 81.3 cm³/mol. The lowest BCUT2D eigenvalue weighted by atomic mass is 9.92. The Morgan fingerprint density at radius 3 is 2.43 bits per heavy atom. The molecule has 0 bridgehead atoms. The van der Waals surface area contributed by atoms with Crippen LogP contribution in [0.4, 0.5) is 10.5 Å². The standard InChI is InChI=1S/C16H13ClN2O2/c1-16(11-6-3-2-4-7-11)14(20)19(15(21)18-16)13-9-5-8-12(17)10-13/h2-10H,1H3,(H,18,21). The average Bonchev–Trinajstić information content (AvgIpc) is 2.71. The first kappa shape index (κ1) is 13.6. The number of urea groups is 1. The first-order chi connectivity index (χ1) is 10.0. The smallest absolute Gasteiger partial charge is 0.319 e. The minimum atomic E-state index is -1.07. The highest BCUT2D eigenvalue weighted by Gasteiger charge is 2.49. The van der Waals surface area contributed by atoms with Gasteiger partial charge in [-0.25, -0.2) is 9.69 Å². The molecule has 0 aliphatic carbocycles. The molecule has 5 heteroatoms. The van der Waals surface area contributed by atoms with Crippen LogP contribution in [-0.4, -0.2) is 11.9 Å². The van der Waals surface area contributed by atoms with Crippen molar-refractivity contribution in [2.75, 3.05) is 4.90 Å². The van der Waals surface area contributed by atoms with Gasteiger partial charge in [0.15, 0.2) is 0 Å². The monoisotopic (exact) mass is 300 g/mol. The first-order valence-corrected chi connectivity index (χ1v) is 6.88. The molecule has 1 aliphatic rings. The summed E-state index contributed by atoms with van der Waals surface area (Å²) in [6.07, 6.45) is 0. The molecule has 1 fully saturated rings. The number of hydrogen-bond acceptors (Lipinski definition) is 2. The Morgan fingerprint density at radius 1 is 1.05 bits per heavy atom. The number of benzene rings is 2. The molecule has 21 heavy (non-hydrogen) atoms. The van der Waals surface area contributed by atoms with E-state index < -0.39 is 11.6 Å². The Morgan fingerprint density at radius 2 is 1.76 bits per heavy atom. The summed E-state index contributed by atoms with van der Waals surface area (Å²) in [5.41, 5.74) is 0.137. The van der Waals surface area contributed by atoms with E-state index in [1.807, 2.05) is 30.3 Å². The van der Waals surface area contributed by atoms with Crippen molar-refractivity contribution in [3.05, 3.63) is 65.2 Å². The van der Waals surface area contributed by atoms with Gasteiger partial charge in [0.25, 0.3) is 5.91 Å². The van der Waals surface area contributed by atoms with Gasteiger partial charge in [-0.05, 0) is 30.7 Å². The maximum Gasteiger partial charge on any atom is 0.329 e. The van der Waals surface area contributed by atoms with Gasteiger partial charge in [0.2, 0.25) is 0 Å². The number of anilines is 1. The average molecular weight is 301 g/mol. The minimum absolute atomic E-state index is 0.319. The molecule has 1 aliphatic heterocycles. The van der Waals surface area contributed by atoms with Gasteiger partial charge in [0, 0.05) is 5.02 Å². The molecule has 3 amide bonds. The fourth-order valence-electron chi connectivity index (χ4n) is 2.46. The van der Waals surface area contributed by atoms with E-state index in [-0.39, 0.29) is 5.91 Å². The van der Waals surface area contributed by atoms with E-state index >= 15 is 0 Å². The lowest BCUT2D eigenvalue weighted by molar-refractivity contribution is -0.121. The van der Waals surface area contributed by atoms with Crippen LogP contribution < -0.4 is 10.2 Å². The molecule has 1 N–H and O–H groups in total. The van der Waals surface area contributed by atoms with Crippen LogP contribution in [-0.2, 0) is 10.3 Å². The Balaban J connectivity index is 2.04. The molecule has 1 unspecified atom stereocenters. The van der Waals surface area contributed by atoms with Gasteiger partial charge in [-0.15, -0.1) is 0 Å². The number of halogens is 1. The van der Waals surface area contributed by atoms with Crippen molar-refractivity contribution >= 4 is 29.2 Å². The van der Waals surface area contributed by atoms with Crippen molar-refractivity contribution in [1.29, 1.82) is 0 Å². The molecule has 106 valence electrons. The number of rotatable bonds is 2. The maximum absolute atomic E-state index is 12.7. The van der Waals surface area contributed by atoms with Crippen molar-refractivity contribution in [1.82, 2.24) is 5.32 Å². The fraction of sp³-hybridized carbons (Fsp3) is 0.125. The summed E-state index contributed by atoms with van der Waals surface area (Å²) in [4.78, 5) is 26.1. The Labute approximate surface area is 127 Å². The minimum Gasteiger partial charge on any atom is -0.319 e. The van der Waals surface area contributed by atoms with Crippen LogP contribution in [0.2, 0.25) is 5.02 Å². The molecule has 4 nitrogen and oxygen atoms in total. The van der Waals surface area contributed by atoms with Gasteiger partial charge >= 0.3 is 6.03 Å². The van der Waals surface area contributed by atoms with Gasteiger partial charge in [0.05, 0.1) is 5.69 Å². The highest BCUT2D eigenvalue weighted by Crippen LogP contribution is 2.32. The van der Waals surface area contributed by atoms with E-state index in [9.17, 15) is 9.59 Å². The molecule has 1 saturated heterocycles. The second-order valence-corrected chi connectivity index (χ2v) is 5.48. The van der Waals surface area contributed by atoms with E-state index in [1.165, 1.54) is 0 Å². The summed E-state index contributed by atoms with van der Waals surface area (Å²) >= 11 is 5.94. The summed E-state index contributed by atoms with van der Waals surface area (Å²) < 4.78 is 0. The molecule has 1 heterocycles. The van der Waals surface area contributed by atoms with E-state index in [0.717, 1.165) is 10.5 Å². The topological polar surface area (TPSA) is 49.4 Å². The largest absolute Gasteiger partial charge is 0.329 e. The Bertz CT molecular complexity index is 717. The van der Waals surface area contributed by atoms with Crippen LogP contribution >= 0.6 is 11.6 Å². The molecular weight excluding hydrogens is 288 g/mol. The van der Waals surface area contributed by atoms with E-state index in [4.69, 9.17) is 11.6 Å². The zero-order valence-electron chi connectivity index (χ0n) is 11.3. The van der Waals surface area contributed by atoms with Crippen LogP contribution in [0.25, 0.3) is 0 Å². The molecule has 0 aromatic heterocycles. The normalized spacial score (nSPS) is 21.5. The molecule has 1 atom stereocenters. The van der Waals surface area contributed by atoms with Gasteiger partial charge in [-0.3, -0.25) is 4.79 Å². The summed E-state index contributed by atoms with van der Waals surface area (Å²) in [5.74, 6) is -0.319. The van der Waals surface area contributed by atoms with Crippen LogP contribution in [0.15, 0.2) is 54.6 Å². The van der Waals surface area contributed by atoms with Crippen molar-refractivity contribution in [3.63, 3.8) is 0 Å². The van der Waals surface area contributed by atoms with Crippen molar-refractivity contribution in [2.45, 2.75) is 12.5 Å². The summed E-state index contributed by atoms with van der Waals surface area (Å²) in [7, 11) is 0. The maximum atomic E-state index is 12.7. The summed E-state index contributed by atoms with van der Waals surface area (Å²) in [6.45, 7) is 1.70. The Hall–Kier alpha value is -2.33. The molecule has 2 aromatic rings. The van der Waals surface area contributed by atoms with Crippen LogP contribution in [0.3, 0.4) is 0 Å². The van der Waals surface area contributed by atoms with Crippen molar-refractivity contribution in [3.8, 4) is 0 Å². The first-order valence-electron chi connectivity index (χ1n) is 6.50. The number of nitrogens with one attached hydrogen (secondary N) is 1. The SMILES string of the molecule is CC1(c2ccccc2)NC(=O)N(c2cccc(Cl)c2)C1=O. The number of nitrogens with zero attached hydrogens (tertiary/aromatic N) is 1.